The van der Waals surface area contributed by atoms with E-state index in [0.29, 0.717) is 6.61 Å². The molecule has 1 heterocycles. The average Bonchev–Trinajstić information content (AvgIpc) is 3.01. The van der Waals surface area contributed by atoms with E-state index in [9.17, 15) is 0 Å². The lowest BCUT2D eigenvalue weighted by molar-refractivity contribution is 0.0470. The molecule has 0 unspecified atom stereocenters. The number of hydrogen-bond donors (Lipinski definition) is 0. The molecule has 0 aliphatic carbocycles. The summed E-state index contributed by atoms with van der Waals surface area (Å²) in [6.45, 7) is 2.70. The van der Waals surface area contributed by atoms with E-state index in [4.69, 9.17) is 4.74 Å². The number of fused-ring (bicyclic) bond motifs is 3. The highest BCUT2D eigenvalue weighted by molar-refractivity contribution is 6.08. The van der Waals surface area contributed by atoms with E-state index in [1.165, 1.54) is 27.5 Å². The van der Waals surface area contributed by atoms with Gasteiger partial charge in [-0.1, -0.05) is 48.5 Å². The first-order valence-electron chi connectivity index (χ1n) is 9.07. The Morgan fingerprint density at radius 3 is 1.85 bits per heavy atom. The van der Waals surface area contributed by atoms with E-state index in [0.717, 1.165) is 5.56 Å². The van der Waals surface area contributed by atoms with Gasteiger partial charge >= 0.3 is 0 Å². The molecule has 0 saturated carbocycles. The summed E-state index contributed by atoms with van der Waals surface area (Å²) in [5.41, 5.74) is 4.74. The topological polar surface area (TPSA) is 17.4 Å². The Balaban J connectivity index is 1.94. The maximum atomic E-state index is 6.24. The predicted molar refractivity (Wildman–Crippen MR) is 110 cm³/mol. The van der Waals surface area contributed by atoms with Gasteiger partial charge in [0.15, 0.2) is 6.23 Å². The molecule has 3 nitrogen and oxygen atoms in total. The van der Waals surface area contributed by atoms with Crippen LogP contribution in [0.15, 0.2) is 72.8 Å². The lowest BCUT2D eigenvalue weighted by Crippen LogP contribution is -2.15. The fourth-order valence-electron chi connectivity index (χ4n) is 3.62. The molecule has 0 N–H and O–H groups in total. The zero-order chi connectivity index (χ0) is 18.1. The van der Waals surface area contributed by atoms with Crippen molar-refractivity contribution in [3.63, 3.8) is 0 Å². The summed E-state index contributed by atoms with van der Waals surface area (Å²) >= 11 is 0. The molecule has 4 aromatic rings. The molecule has 1 atom stereocenters. The van der Waals surface area contributed by atoms with Crippen LogP contribution >= 0.6 is 0 Å². The molecular weight excluding hydrogens is 320 g/mol. The van der Waals surface area contributed by atoms with Gasteiger partial charge in [-0.3, -0.25) is 0 Å². The number of nitrogens with zero attached hydrogens (tertiary/aromatic N) is 2. The Morgan fingerprint density at radius 1 is 0.808 bits per heavy atom. The summed E-state index contributed by atoms with van der Waals surface area (Å²) < 4.78 is 8.56. The van der Waals surface area contributed by atoms with Gasteiger partial charge in [0.25, 0.3) is 0 Å². The number of benzene rings is 3. The molecule has 4 rings (SSSR count). The molecule has 0 aliphatic heterocycles. The number of anilines is 1. The minimum Gasteiger partial charge on any atom is -0.378 e. The Morgan fingerprint density at radius 2 is 1.35 bits per heavy atom. The molecule has 3 aromatic carbocycles. The minimum atomic E-state index is -0.152. The van der Waals surface area contributed by atoms with E-state index in [-0.39, 0.29) is 6.23 Å². The largest absolute Gasteiger partial charge is 0.378 e. The first-order chi connectivity index (χ1) is 12.7. The summed E-state index contributed by atoms with van der Waals surface area (Å²) in [5, 5.41) is 2.52. The van der Waals surface area contributed by atoms with Crippen molar-refractivity contribution in [2.45, 2.75) is 13.2 Å². The molecule has 0 fully saturated rings. The van der Waals surface area contributed by atoms with Crippen molar-refractivity contribution in [3.05, 3.63) is 78.4 Å². The Hall–Kier alpha value is -2.78. The van der Waals surface area contributed by atoms with Crippen molar-refractivity contribution >= 4 is 27.5 Å². The smallest absolute Gasteiger partial charge is 0.160 e. The molecule has 0 aliphatic rings. The van der Waals surface area contributed by atoms with E-state index in [1.54, 1.807) is 0 Å². The molecule has 0 radical (unpaired) electrons. The molecule has 3 heteroatoms. The van der Waals surface area contributed by atoms with Crippen molar-refractivity contribution in [3.8, 4) is 0 Å². The zero-order valence-electron chi connectivity index (χ0n) is 15.5. The van der Waals surface area contributed by atoms with E-state index in [1.807, 2.05) is 0 Å². The Kier molecular flexibility index (Phi) is 4.39. The van der Waals surface area contributed by atoms with Crippen LogP contribution in [0.4, 0.5) is 5.69 Å². The highest BCUT2D eigenvalue weighted by Crippen LogP contribution is 2.35. The number of ether oxygens (including phenoxy) is 1. The number of rotatable bonds is 5. The minimum absolute atomic E-state index is 0.152. The van der Waals surface area contributed by atoms with Gasteiger partial charge in [-0.05, 0) is 31.2 Å². The SMILES string of the molecule is CCO[C@H](c1ccc(N(C)C)cc1)n1c2ccccc2c2ccccc21. The van der Waals surface area contributed by atoms with Crippen molar-refractivity contribution in [1.82, 2.24) is 4.57 Å². The third-order valence-electron chi connectivity index (χ3n) is 4.87. The van der Waals surface area contributed by atoms with E-state index >= 15 is 0 Å². The predicted octanol–water partition coefficient (Wildman–Crippen LogP) is 5.44. The Bertz CT molecular complexity index is 978. The lowest BCUT2D eigenvalue weighted by atomic mass is 10.1. The van der Waals surface area contributed by atoms with Crippen molar-refractivity contribution in [1.29, 1.82) is 0 Å². The van der Waals surface area contributed by atoms with Crippen molar-refractivity contribution in [2.75, 3.05) is 25.6 Å². The van der Waals surface area contributed by atoms with Crippen LogP contribution < -0.4 is 4.90 Å². The third-order valence-corrected chi connectivity index (χ3v) is 4.87. The highest BCUT2D eigenvalue weighted by Gasteiger charge is 2.20. The molecule has 1 aromatic heterocycles. The standard InChI is InChI=1S/C23H24N2O/c1-4-26-23(17-13-15-18(16-14-17)24(2)3)25-21-11-7-5-9-19(21)20-10-6-8-12-22(20)25/h5-16,23H,4H2,1-3H3/t23-/m1/s1. The van der Waals surface area contributed by atoms with Gasteiger partial charge in [0.05, 0.1) is 11.0 Å². The maximum absolute atomic E-state index is 6.24. The molecule has 132 valence electrons. The first kappa shape index (κ1) is 16.7. The molecule has 26 heavy (non-hydrogen) atoms. The summed E-state index contributed by atoms with van der Waals surface area (Å²) in [4.78, 5) is 2.11. The van der Waals surface area contributed by atoms with Gasteiger partial charge in [-0.15, -0.1) is 0 Å². The van der Waals surface area contributed by atoms with E-state index < -0.39 is 0 Å². The number of para-hydroxylation sites is 2. The number of aromatic nitrogens is 1. The molecule has 0 amide bonds. The second-order valence-corrected chi connectivity index (χ2v) is 6.70. The normalized spacial score (nSPS) is 12.6. The van der Waals surface area contributed by atoms with Gasteiger partial charge in [0.1, 0.15) is 0 Å². The van der Waals surface area contributed by atoms with Crippen LogP contribution in [0, 0.1) is 0 Å². The van der Waals surface area contributed by atoms with Crippen molar-refractivity contribution in [2.24, 2.45) is 0 Å². The van der Waals surface area contributed by atoms with Crippen LogP contribution in [0.2, 0.25) is 0 Å². The maximum Gasteiger partial charge on any atom is 0.160 e. The van der Waals surface area contributed by atoms with Crippen LogP contribution in [0.3, 0.4) is 0 Å². The number of hydrogen-bond acceptors (Lipinski definition) is 2. The second-order valence-electron chi connectivity index (χ2n) is 6.70. The second kappa shape index (κ2) is 6.85. The lowest BCUT2D eigenvalue weighted by Gasteiger charge is -2.23. The average molecular weight is 344 g/mol. The Labute approximate surface area is 154 Å². The van der Waals surface area contributed by atoms with Gasteiger partial charge in [-0.2, -0.15) is 0 Å². The fourth-order valence-corrected chi connectivity index (χ4v) is 3.62. The summed E-state index contributed by atoms with van der Waals surface area (Å²) in [5.74, 6) is 0. The van der Waals surface area contributed by atoms with Crippen LogP contribution in [0.1, 0.15) is 18.7 Å². The third kappa shape index (κ3) is 2.74. The fraction of sp³-hybridized carbons (Fsp3) is 0.217. The van der Waals surface area contributed by atoms with Crippen molar-refractivity contribution < 1.29 is 4.74 Å². The molecular formula is C23H24N2O. The summed E-state index contributed by atoms with van der Waals surface area (Å²) in [6.07, 6.45) is -0.152. The summed E-state index contributed by atoms with van der Waals surface area (Å²) in [7, 11) is 4.12. The molecule has 0 spiro atoms. The van der Waals surface area contributed by atoms with Gasteiger partial charge in [-0.25, -0.2) is 0 Å². The van der Waals surface area contributed by atoms with Crippen LogP contribution in [0.25, 0.3) is 21.8 Å². The zero-order valence-corrected chi connectivity index (χ0v) is 15.5. The van der Waals surface area contributed by atoms with Crippen LogP contribution in [-0.2, 0) is 4.74 Å². The van der Waals surface area contributed by atoms with E-state index in [2.05, 4.69) is 103 Å². The molecule has 0 bridgehead atoms. The quantitative estimate of drug-likeness (QED) is 0.479. The monoisotopic (exact) mass is 344 g/mol. The molecule has 0 saturated heterocycles. The highest BCUT2D eigenvalue weighted by atomic mass is 16.5. The van der Waals surface area contributed by atoms with Gasteiger partial charge in [0.2, 0.25) is 0 Å². The first-order valence-corrected chi connectivity index (χ1v) is 9.07. The van der Waals surface area contributed by atoms with Gasteiger partial charge in [0, 0.05) is 42.7 Å². The summed E-state index contributed by atoms with van der Waals surface area (Å²) in [6, 6.07) is 25.7. The van der Waals surface area contributed by atoms with Crippen LogP contribution in [0.5, 0.6) is 0 Å². The van der Waals surface area contributed by atoms with Gasteiger partial charge < -0.3 is 14.2 Å². The van der Waals surface area contributed by atoms with Crippen LogP contribution in [-0.4, -0.2) is 25.3 Å².